The number of methoxy groups -OCH3 is 1. The number of hydrogen-bond acceptors (Lipinski definition) is 5. The Kier molecular flexibility index (Phi) is 11.1. The van der Waals surface area contributed by atoms with Crippen molar-refractivity contribution in [3.63, 3.8) is 0 Å². The van der Waals surface area contributed by atoms with E-state index in [0.717, 1.165) is 26.1 Å². The molecule has 0 saturated heterocycles. The van der Waals surface area contributed by atoms with Crippen molar-refractivity contribution >= 4 is 33.2 Å². The van der Waals surface area contributed by atoms with Crippen LogP contribution in [-0.4, -0.2) is 52.5 Å². The fourth-order valence-corrected chi connectivity index (χ4v) is 4.52. The number of ether oxygens (including phenoxy) is 1. The average molecular weight is 489 g/mol. The highest BCUT2D eigenvalue weighted by Gasteiger charge is 2.21. The van der Waals surface area contributed by atoms with Crippen molar-refractivity contribution in [1.29, 1.82) is 0 Å². The van der Waals surface area contributed by atoms with E-state index < -0.39 is 10.0 Å². The minimum atomic E-state index is -4.02. The first-order chi connectivity index (χ1) is 14.3. The van der Waals surface area contributed by atoms with Crippen molar-refractivity contribution in [3.05, 3.63) is 53.1 Å². The molecule has 10 heteroatoms. The van der Waals surface area contributed by atoms with Crippen LogP contribution in [0.5, 0.6) is 5.75 Å². The number of hydrogen-bond donors (Lipinski definition) is 2. The zero-order chi connectivity index (χ0) is 22.1. The van der Waals surface area contributed by atoms with Crippen LogP contribution in [0, 0.1) is 0 Å². The highest BCUT2D eigenvalue weighted by molar-refractivity contribution is 7.92. The smallest absolute Gasteiger partial charge is 0.263 e. The second kappa shape index (κ2) is 12.8. The SMILES string of the molecule is CCN(CC)CCCNC(=O)c1ccc(Cl)c(S(=O)(=O)Nc2ccccc2OC)c1.[Cl-]. The molecule has 7 nitrogen and oxygen atoms in total. The van der Waals surface area contributed by atoms with Gasteiger partial charge in [0.15, 0.2) is 0 Å². The molecule has 2 aromatic rings. The van der Waals surface area contributed by atoms with E-state index in [2.05, 4.69) is 28.8 Å². The second-order valence-electron chi connectivity index (χ2n) is 6.59. The maximum Gasteiger partial charge on any atom is 0.263 e. The largest absolute Gasteiger partial charge is 1.00 e. The van der Waals surface area contributed by atoms with Crippen LogP contribution >= 0.6 is 11.6 Å². The van der Waals surface area contributed by atoms with E-state index in [0.29, 0.717) is 12.3 Å². The maximum absolute atomic E-state index is 12.9. The molecule has 0 saturated carbocycles. The van der Waals surface area contributed by atoms with Gasteiger partial charge in [0.2, 0.25) is 0 Å². The molecule has 0 radical (unpaired) electrons. The summed E-state index contributed by atoms with van der Waals surface area (Å²) in [5.41, 5.74) is 0.505. The van der Waals surface area contributed by atoms with Gasteiger partial charge in [-0.2, -0.15) is 0 Å². The van der Waals surface area contributed by atoms with Crippen molar-refractivity contribution in [2.75, 3.05) is 38.0 Å². The Hall–Kier alpha value is -2.00. The summed E-state index contributed by atoms with van der Waals surface area (Å²) in [4.78, 5) is 14.6. The van der Waals surface area contributed by atoms with E-state index in [9.17, 15) is 13.2 Å². The molecular formula is C21H28Cl2N3O4S-. The predicted molar refractivity (Wildman–Crippen MR) is 120 cm³/mol. The van der Waals surface area contributed by atoms with Crippen LogP contribution in [0.25, 0.3) is 0 Å². The van der Waals surface area contributed by atoms with Crippen LogP contribution in [0.2, 0.25) is 5.02 Å². The molecule has 0 aliphatic heterocycles. The predicted octanol–water partition coefficient (Wildman–Crippen LogP) is 0.615. The van der Waals surface area contributed by atoms with Gasteiger partial charge in [-0.05, 0) is 56.4 Å². The van der Waals surface area contributed by atoms with Crippen molar-refractivity contribution in [1.82, 2.24) is 10.2 Å². The molecule has 0 atom stereocenters. The molecule has 2 aromatic carbocycles. The number of carbonyl (C=O) groups is 1. The van der Waals surface area contributed by atoms with E-state index >= 15 is 0 Å². The van der Waals surface area contributed by atoms with Crippen LogP contribution in [0.4, 0.5) is 5.69 Å². The standard InChI is InChI=1S/C21H28ClN3O4S.ClH/c1-4-25(5-2)14-8-13-23-21(26)16-11-12-17(22)20(15-16)30(27,28)24-18-9-6-7-10-19(18)29-3;/h6-7,9-12,15,24H,4-5,8,13-14H2,1-3H3,(H,23,26);1H/p-1. The molecule has 0 bridgehead atoms. The molecule has 1 amide bonds. The van der Waals surface area contributed by atoms with Crippen LogP contribution < -0.4 is 27.2 Å². The number of para-hydroxylation sites is 2. The number of nitrogens with one attached hydrogen (secondary N) is 2. The van der Waals surface area contributed by atoms with Gasteiger partial charge in [-0.25, -0.2) is 8.42 Å². The number of sulfonamides is 1. The molecule has 0 heterocycles. The van der Waals surface area contributed by atoms with Gasteiger partial charge in [0.05, 0.1) is 17.8 Å². The minimum Gasteiger partial charge on any atom is -1.00 e. The number of carbonyl (C=O) groups excluding carboxylic acids is 1. The molecule has 0 spiro atoms. The lowest BCUT2D eigenvalue weighted by Crippen LogP contribution is -3.00. The highest BCUT2D eigenvalue weighted by Crippen LogP contribution is 2.29. The fourth-order valence-electron chi connectivity index (χ4n) is 2.93. The van der Waals surface area contributed by atoms with Gasteiger partial charge < -0.3 is 27.4 Å². The summed E-state index contributed by atoms with van der Waals surface area (Å²) in [5.74, 6) is 0.0271. The Balaban J connectivity index is 0.00000480. The summed E-state index contributed by atoms with van der Waals surface area (Å²) in [6.45, 7) is 7.49. The van der Waals surface area contributed by atoms with Gasteiger partial charge in [0.25, 0.3) is 15.9 Å². The van der Waals surface area contributed by atoms with Crippen LogP contribution in [0.1, 0.15) is 30.6 Å². The lowest BCUT2D eigenvalue weighted by molar-refractivity contribution is -0.0000172. The Morgan fingerprint density at radius 1 is 1.13 bits per heavy atom. The van der Waals surface area contributed by atoms with E-state index in [-0.39, 0.29) is 39.5 Å². The summed E-state index contributed by atoms with van der Waals surface area (Å²) >= 11 is 6.13. The zero-order valence-corrected chi connectivity index (χ0v) is 20.1. The Morgan fingerprint density at radius 2 is 1.81 bits per heavy atom. The topological polar surface area (TPSA) is 87.7 Å². The molecule has 172 valence electrons. The van der Waals surface area contributed by atoms with Gasteiger partial charge in [-0.1, -0.05) is 37.6 Å². The Bertz CT molecular complexity index is 967. The first-order valence-corrected chi connectivity index (χ1v) is 11.6. The molecule has 2 N–H and O–H groups in total. The van der Waals surface area contributed by atoms with Crippen LogP contribution in [0.3, 0.4) is 0 Å². The first kappa shape index (κ1) is 27.0. The third kappa shape index (κ3) is 7.57. The lowest BCUT2D eigenvalue weighted by atomic mass is 10.2. The first-order valence-electron chi connectivity index (χ1n) is 9.78. The molecule has 0 aliphatic carbocycles. The van der Waals surface area contributed by atoms with Gasteiger partial charge >= 0.3 is 0 Å². The number of amides is 1. The quantitative estimate of drug-likeness (QED) is 0.452. The van der Waals surface area contributed by atoms with Gasteiger partial charge in [0.1, 0.15) is 10.6 Å². The Morgan fingerprint density at radius 3 is 2.45 bits per heavy atom. The summed E-state index contributed by atoms with van der Waals surface area (Å²) in [5, 5.41) is 2.85. The minimum absolute atomic E-state index is 0. The maximum atomic E-state index is 12.9. The third-order valence-corrected chi connectivity index (χ3v) is 6.51. The second-order valence-corrected chi connectivity index (χ2v) is 8.65. The van der Waals surface area contributed by atoms with Crippen molar-refractivity contribution < 1.29 is 30.4 Å². The number of anilines is 1. The van der Waals surface area contributed by atoms with E-state index in [1.165, 1.54) is 25.3 Å². The number of nitrogens with zero attached hydrogens (tertiary/aromatic N) is 1. The fraction of sp³-hybridized carbons (Fsp3) is 0.381. The van der Waals surface area contributed by atoms with Crippen molar-refractivity contribution in [3.8, 4) is 5.75 Å². The number of halogens is 2. The zero-order valence-electron chi connectivity index (χ0n) is 17.8. The Labute approximate surface area is 195 Å². The molecule has 0 fully saturated rings. The molecule has 0 unspecified atom stereocenters. The van der Waals surface area contributed by atoms with Crippen LogP contribution in [-0.2, 0) is 10.0 Å². The monoisotopic (exact) mass is 488 g/mol. The molecule has 0 aliphatic rings. The third-order valence-electron chi connectivity index (χ3n) is 4.67. The molecule has 31 heavy (non-hydrogen) atoms. The summed E-state index contributed by atoms with van der Waals surface area (Å²) in [6.07, 6.45) is 0.807. The van der Waals surface area contributed by atoms with Crippen LogP contribution in [0.15, 0.2) is 47.4 Å². The van der Waals surface area contributed by atoms with E-state index in [1.807, 2.05) is 0 Å². The number of rotatable bonds is 11. The van der Waals surface area contributed by atoms with Crippen molar-refractivity contribution in [2.24, 2.45) is 0 Å². The van der Waals surface area contributed by atoms with E-state index in [1.54, 1.807) is 24.3 Å². The molecular weight excluding hydrogens is 461 g/mol. The van der Waals surface area contributed by atoms with Gasteiger partial charge in [-0.15, -0.1) is 0 Å². The normalized spacial score (nSPS) is 11.0. The average Bonchev–Trinajstić information content (AvgIpc) is 2.74. The van der Waals surface area contributed by atoms with Gasteiger partial charge in [0, 0.05) is 12.1 Å². The summed E-state index contributed by atoms with van der Waals surface area (Å²) in [6, 6.07) is 10.8. The highest BCUT2D eigenvalue weighted by atomic mass is 35.5. The van der Waals surface area contributed by atoms with Gasteiger partial charge in [-0.3, -0.25) is 9.52 Å². The summed E-state index contributed by atoms with van der Waals surface area (Å²) in [7, 11) is -2.57. The van der Waals surface area contributed by atoms with Crippen molar-refractivity contribution in [2.45, 2.75) is 25.2 Å². The molecule has 2 rings (SSSR count). The summed E-state index contributed by atoms with van der Waals surface area (Å²) < 4.78 is 33.4. The number of benzene rings is 2. The molecule has 0 aromatic heterocycles. The van der Waals surface area contributed by atoms with E-state index in [4.69, 9.17) is 16.3 Å². The lowest BCUT2D eigenvalue weighted by Gasteiger charge is -2.17.